The number of nitrogens with one attached hydrogen (secondary N) is 1. The van der Waals surface area contributed by atoms with E-state index in [1.807, 2.05) is 23.1 Å². The molecule has 5 nitrogen and oxygen atoms in total. The summed E-state index contributed by atoms with van der Waals surface area (Å²) in [5.41, 5.74) is 3.65. The highest BCUT2D eigenvalue weighted by molar-refractivity contribution is 7.99. The molecule has 0 aromatic heterocycles. The predicted octanol–water partition coefficient (Wildman–Crippen LogP) is 3.03. The smallest absolute Gasteiger partial charge is 0.223 e. The summed E-state index contributed by atoms with van der Waals surface area (Å²) < 4.78 is 12.0. The molecule has 2 heterocycles. The first-order valence-electron chi connectivity index (χ1n) is 9.51. The molecular formula is C20H29N3O2S. The van der Waals surface area contributed by atoms with Crippen LogP contribution in [0.4, 0.5) is 5.69 Å². The van der Waals surface area contributed by atoms with Gasteiger partial charge in [0.25, 0.3) is 0 Å². The third-order valence-electron chi connectivity index (χ3n) is 5.21. The molecule has 1 aromatic carbocycles. The van der Waals surface area contributed by atoms with Crippen LogP contribution in [0.2, 0.25) is 0 Å². The summed E-state index contributed by atoms with van der Waals surface area (Å²) in [6, 6.07) is 5.93. The molecule has 1 unspecified atom stereocenters. The molecule has 0 bridgehead atoms. The molecule has 1 fully saturated rings. The Hall–Kier alpha value is -1.53. The van der Waals surface area contributed by atoms with Crippen molar-refractivity contribution in [3.8, 4) is 0 Å². The fourth-order valence-corrected chi connectivity index (χ4v) is 4.64. The van der Waals surface area contributed by atoms with Gasteiger partial charge in [0.2, 0.25) is 5.91 Å². The van der Waals surface area contributed by atoms with E-state index in [4.69, 9.17) is 0 Å². The number of piperidine rings is 1. The van der Waals surface area contributed by atoms with Crippen molar-refractivity contribution in [3.63, 3.8) is 0 Å². The minimum absolute atomic E-state index is 0.168. The molecule has 0 saturated carbocycles. The largest absolute Gasteiger partial charge is 0.343 e. The topological polar surface area (TPSA) is 61.8 Å². The molecule has 2 aliphatic heterocycles. The summed E-state index contributed by atoms with van der Waals surface area (Å²) >= 11 is 0. The van der Waals surface area contributed by atoms with Crippen molar-refractivity contribution in [2.24, 2.45) is 10.4 Å². The van der Waals surface area contributed by atoms with Gasteiger partial charge in [0.05, 0.1) is 26.9 Å². The van der Waals surface area contributed by atoms with Gasteiger partial charge in [-0.2, -0.15) is 0 Å². The first-order valence-corrected chi connectivity index (χ1v) is 10.7. The second-order valence-electron chi connectivity index (χ2n) is 7.98. The van der Waals surface area contributed by atoms with Crippen LogP contribution in [-0.4, -0.2) is 46.7 Å². The number of nitrogens with zero attached hydrogens (tertiary/aromatic N) is 2. The lowest BCUT2D eigenvalue weighted by atomic mass is 9.82. The van der Waals surface area contributed by atoms with E-state index in [2.05, 4.69) is 24.2 Å². The van der Waals surface area contributed by atoms with Crippen LogP contribution < -0.4 is 5.32 Å². The maximum Gasteiger partial charge on any atom is 0.223 e. The standard InChI is InChI=1S/C20H29N3O2S/c1-20(2)9-13-23(18(24)14-20)12-4-3-10-21-11-8-16-6-5-7-17-19(16)26(25)15-22-17/h5-7,15,21H,3-4,8-14H2,1-2H3. The Morgan fingerprint density at radius 2 is 2.12 bits per heavy atom. The molecule has 26 heavy (non-hydrogen) atoms. The van der Waals surface area contributed by atoms with Gasteiger partial charge in [-0.05, 0) is 55.8 Å². The van der Waals surface area contributed by atoms with Crippen LogP contribution in [0.5, 0.6) is 0 Å². The number of carbonyl (C=O) groups is 1. The highest BCUT2D eigenvalue weighted by atomic mass is 32.2. The van der Waals surface area contributed by atoms with Gasteiger partial charge in [0.15, 0.2) is 0 Å². The number of aliphatic imine (C=N–C) groups is 1. The lowest BCUT2D eigenvalue weighted by molar-refractivity contribution is -0.137. The Bertz CT molecular complexity index is 715. The van der Waals surface area contributed by atoms with E-state index in [0.717, 1.165) is 68.0 Å². The van der Waals surface area contributed by atoms with Crippen LogP contribution in [-0.2, 0) is 22.0 Å². The zero-order valence-electron chi connectivity index (χ0n) is 15.8. The molecule has 1 aromatic rings. The molecule has 0 aliphatic carbocycles. The van der Waals surface area contributed by atoms with Crippen LogP contribution in [0.1, 0.15) is 45.1 Å². The molecule has 1 atom stereocenters. The molecule has 0 radical (unpaired) electrons. The van der Waals surface area contributed by atoms with E-state index in [0.29, 0.717) is 12.3 Å². The van der Waals surface area contributed by atoms with Crippen molar-refractivity contribution in [2.45, 2.75) is 50.8 Å². The molecule has 6 heteroatoms. The van der Waals surface area contributed by atoms with Crippen molar-refractivity contribution in [1.82, 2.24) is 10.2 Å². The van der Waals surface area contributed by atoms with Gasteiger partial charge in [-0.15, -0.1) is 0 Å². The number of fused-ring (bicyclic) bond motifs is 1. The first kappa shape index (κ1) is 19.2. The van der Waals surface area contributed by atoms with Crippen molar-refractivity contribution >= 4 is 27.9 Å². The Balaban J connectivity index is 1.31. The third kappa shape index (κ3) is 4.80. The minimum atomic E-state index is -1.09. The van der Waals surface area contributed by atoms with Crippen molar-refractivity contribution in [1.29, 1.82) is 0 Å². The monoisotopic (exact) mass is 375 g/mol. The normalized spacial score (nSPS) is 21.2. The van der Waals surface area contributed by atoms with Gasteiger partial charge < -0.3 is 10.2 Å². The van der Waals surface area contributed by atoms with Gasteiger partial charge >= 0.3 is 0 Å². The zero-order valence-corrected chi connectivity index (χ0v) is 16.6. The maximum atomic E-state index is 12.1. The Morgan fingerprint density at radius 1 is 1.27 bits per heavy atom. The predicted molar refractivity (Wildman–Crippen MR) is 106 cm³/mol. The molecule has 3 rings (SSSR count). The molecule has 0 spiro atoms. The highest BCUT2D eigenvalue weighted by Crippen LogP contribution is 2.31. The molecule has 142 valence electrons. The highest BCUT2D eigenvalue weighted by Gasteiger charge is 2.30. The minimum Gasteiger partial charge on any atom is -0.343 e. The van der Waals surface area contributed by atoms with Gasteiger partial charge in [-0.25, -0.2) is 9.20 Å². The summed E-state index contributed by atoms with van der Waals surface area (Å²) in [6.07, 6.45) is 4.74. The average Bonchev–Trinajstić information content (AvgIpc) is 2.97. The zero-order chi connectivity index (χ0) is 18.6. The number of carbonyl (C=O) groups excluding carboxylic acids is 1. The lowest BCUT2D eigenvalue weighted by Gasteiger charge is -2.36. The van der Waals surface area contributed by atoms with Gasteiger partial charge in [-0.3, -0.25) is 4.79 Å². The molecule has 1 amide bonds. The lowest BCUT2D eigenvalue weighted by Crippen LogP contribution is -2.42. The summed E-state index contributed by atoms with van der Waals surface area (Å²) in [6.45, 7) is 7.94. The van der Waals surface area contributed by atoms with Gasteiger partial charge in [0.1, 0.15) is 0 Å². The maximum absolute atomic E-state index is 12.1. The van der Waals surface area contributed by atoms with Crippen molar-refractivity contribution < 1.29 is 9.00 Å². The van der Waals surface area contributed by atoms with E-state index in [-0.39, 0.29) is 5.41 Å². The van der Waals surface area contributed by atoms with Crippen LogP contribution in [0.15, 0.2) is 28.1 Å². The Morgan fingerprint density at radius 3 is 2.92 bits per heavy atom. The number of hydrogen-bond acceptors (Lipinski definition) is 4. The van der Waals surface area contributed by atoms with E-state index >= 15 is 0 Å². The molecule has 1 saturated heterocycles. The second kappa shape index (κ2) is 8.44. The summed E-state index contributed by atoms with van der Waals surface area (Å²) in [7, 11) is -1.09. The van der Waals surface area contributed by atoms with E-state index < -0.39 is 10.8 Å². The Labute approximate surface area is 158 Å². The molecule has 1 N–H and O–H groups in total. The van der Waals surface area contributed by atoms with Crippen LogP contribution in [0.25, 0.3) is 0 Å². The number of likely N-dealkylation sites (tertiary alicyclic amines) is 1. The Kier molecular flexibility index (Phi) is 6.24. The van der Waals surface area contributed by atoms with Crippen LogP contribution in [0, 0.1) is 5.41 Å². The van der Waals surface area contributed by atoms with Crippen molar-refractivity contribution in [3.05, 3.63) is 23.8 Å². The van der Waals surface area contributed by atoms with Crippen LogP contribution in [0.3, 0.4) is 0 Å². The van der Waals surface area contributed by atoms with E-state index in [1.165, 1.54) is 5.55 Å². The third-order valence-corrected chi connectivity index (χ3v) is 6.38. The van der Waals surface area contributed by atoms with Gasteiger partial charge in [-0.1, -0.05) is 26.0 Å². The fourth-order valence-electron chi connectivity index (χ4n) is 3.57. The number of benzene rings is 1. The fraction of sp³-hybridized carbons (Fsp3) is 0.600. The number of rotatable bonds is 8. The van der Waals surface area contributed by atoms with E-state index in [9.17, 15) is 9.00 Å². The van der Waals surface area contributed by atoms with Crippen molar-refractivity contribution in [2.75, 3.05) is 26.2 Å². The quantitative estimate of drug-likeness (QED) is 0.711. The average molecular weight is 376 g/mol. The number of hydrogen-bond donors (Lipinski definition) is 1. The first-order chi connectivity index (χ1) is 12.5. The SMILES string of the molecule is CC1(C)CCN(CCCCNCCc2cccc3c2S(=O)C=N3)C(=O)C1. The summed E-state index contributed by atoms with van der Waals surface area (Å²) in [5, 5.41) is 3.46. The second-order valence-corrected chi connectivity index (χ2v) is 9.19. The van der Waals surface area contributed by atoms with Crippen LogP contribution >= 0.6 is 0 Å². The number of amides is 1. The molecule has 2 aliphatic rings. The molecular weight excluding hydrogens is 346 g/mol. The summed E-state index contributed by atoms with van der Waals surface area (Å²) in [4.78, 5) is 19.2. The summed E-state index contributed by atoms with van der Waals surface area (Å²) in [5.74, 6) is 0.308. The van der Waals surface area contributed by atoms with E-state index in [1.54, 1.807) is 0 Å². The number of unbranched alkanes of at least 4 members (excludes halogenated alkanes) is 1. The van der Waals surface area contributed by atoms with Gasteiger partial charge in [0, 0.05) is 19.5 Å².